The molecule has 1 rings (SSSR count). The first kappa shape index (κ1) is 8.62. The molecule has 11 heavy (non-hydrogen) atoms. The monoisotopic (exact) mass is 167 g/mol. The second kappa shape index (κ2) is 4.42. The zero-order valence-corrected chi connectivity index (χ0v) is 7.57. The van der Waals surface area contributed by atoms with Gasteiger partial charge in [-0.05, 0) is 24.2 Å². The quantitative estimate of drug-likeness (QED) is 0.657. The third-order valence-corrected chi connectivity index (χ3v) is 1.81. The average molecular weight is 167 g/mol. The van der Waals surface area contributed by atoms with Crippen LogP contribution in [0.15, 0.2) is 29.2 Å². The van der Waals surface area contributed by atoms with E-state index in [2.05, 4.69) is 37.0 Å². The molecule has 1 aromatic rings. The van der Waals surface area contributed by atoms with Crippen LogP contribution in [0.3, 0.4) is 0 Å². The van der Waals surface area contributed by atoms with Gasteiger partial charge in [-0.1, -0.05) is 19.1 Å². The predicted molar refractivity (Wildman–Crippen MR) is 51.1 cm³/mol. The van der Waals surface area contributed by atoms with E-state index in [-0.39, 0.29) is 0 Å². The Morgan fingerprint density at radius 2 is 1.91 bits per heavy atom. The molecule has 1 aromatic carbocycles. The molecular formula is C9H13NS. The van der Waals surface area contributed by atoms with E-state index < -0.39 is 0 Å². The van der Waals surface area contributed by atoms with Crippen LogP contribution >= 0.6 is 12.6 Å². The Morgan fingerprint density at radius 1 is 1.27 bits per heavy atom. The first-order valence-electron chi connectivity index (χ1n) is 3.81. The summed E-state index contributed by atoms with van der Waals surface area (Å²) in [5.41, 5.74) is 1.31. The molecule has 0 unspecified atom stereocenters. The molecule has 2 heteroatoms. The lowest BCUT2D eigenvalue weighted by Crippen LogP contribution is -2.11. The van der Waals surface area contributed by atoms with E-state index in [9.17, 15) is 0 Å². The fraction of sp³-hybridized carbons (Fsp3) is 0.333. The van der Waals surface area contributed by atoms with Crippen LogP contribution in [0.4, 0.5) is 0 Å². The lowest BCUT2D eigenvalue weighted by molar-refractivity contribution is 0.726. The van der Waals surface area contributed by atoms with E-state index in [0.717, 1.165) is 18.0 Å². The maximum atomic E-state index is 4.20. The van der Waals surface area contributed by atoms with Crippen molar-refractivity contribution in [3.63, 3.8) is 0 Å². The number of benzene rings is 1. The van der Waals surface area contributed by atoms with Crippen LogP contribution in [0.1, 0.15) is 12.5 Å². The van der Waals surface area contributed by atoms with E-state index in [4.69, 9.17) is 0 Å². The SMILES string of the molecule is CCNCc1ccc(S)cc1. The standard InChI is InChI=1S/C9H13NS/c1-2-10-7-8-3-5-9(11)6-4-8/h3-6,10-11H,2,7H2,1H3. The highest BCUT2D eigenvalue weighted by molar-refractivity contribution is 7.80. The molecule has 60 valence electrons. The lowest BCUT2D eigenvalue weighted by atomic mass is 10.2. The first-order chi connectivity index (χ1) is 5.33. The Kier molecular flexibility index (Phi) is 3.46. The number of thiol groups is 1. The second-order valence-electron chi connectivity index (χ2n) is 2.45. The van der Waals surface area contributed by atoms with Crippen molar-refractivity contribution < 1.29 is 0 Å². The number of hydrogen-bond acceptors (Lipinski definition) is 2. The lowest BCUT2D eigenvalue weighted by Gasteiger charge is -2.00. The topological polar surface area (TPSA) is 12.0 Å². The minimum Gasteiger partial charge on any atom is -0.313 e. The summed E-state index contributed by atoms with van der Waals surface area (Å²) in [5, 5.41) is 3.26. The number of rotatable bonds is 3. The summed E-state index contributed by atoms with van der Waals surface area (Å²) in [6, 6.07) is 8.20. The number of nitrogens with one attached hydrogen (secondary N) is 1. The Bertz CT molecular complexity index is 205. The van der Waals surface area contributed by atoms with Crippen LogP contribution in [0.5, 0.6) is 0 Å². The Morgan fingerprint density at radius 3 is 2.45 bits per heavy atom. The van der Waals surface area contributed by atoms with Crippen molar-refractivity contribution in [2.45, 2.75) is 18.4 Å². The molecule has 0 bridgehead atoms. The number of hydrogen-bond donors (Lipinski definition) is 2. The largest absolute Gasteiger partial charge is 0.313 e. The summed E-state index contributed by atoms with van der Waals surface area (Å²) in [5.74, 6) is 0. The van der Waals surface area contributed by atoms with Crippen LogP contribution in [0.2, 0.25) is 0 Å². The normalized spacial score (nSPS) is 10.0. The van der Waals surface area contributed by atoms with E-state index in [1.54, 1.807) is 0 Å². The third kappa shape index (κ3) is 2.95. The van der Waals surface area contributed by atoms with Gasteiger partial charge >= 0.3 is 0 Å². The van der Waals surface area contributed by atoms with E-state index >= 15 is 0 Å². The third-order valence-electron chi connectivity index (χ3n) is 1.52. The van der Waals surface area contributed by atoms with Gasteiger partial charge in [0.15, 0.2) is 0 Å². The fourth-order valence-corrected chi connectivity index (χ4v) is 1.03. The van der Waals surface area contributed by atoms with Gasteiger partial charge in [0.25, 0.3) is 0 Å². The van der Waals surface area contributed by atoms with Crippen LogP contribution in [0.25, 0.3) is 0 Å². The molecule has 0 atom stereocenters. The van der Waals surface area contributed by atoms with Crippen molar-refractivity contribution in [1.82, 2.24) is 5.32 Å². The Balaban J connectivity index is 2.52. The summed E-state index contributed by atoms with van der Waals surface area (Å²) < 4.78 is 0. The highest BCUT2D eigenvalue weighted by Gasteiger charge is 1.89. The molecule has 0 aliphatic heterocycles. The van der Waals surface area contributed by atoms with Crippen LogP contribution < -0.4 is 5.32 Å². The maximum Gasteiger partial charge on any atom is 0.0205 e. The summed E-state index contributed by atoms with van der Waals surface area (Å²) in [7, 11) is 0. The molecule has 0 aliphatic rings. The van der Waals surface area contributed by atoms with Gasteiger partial charge < -0.3 is 5.32 Å². The summed E-state index contributed by atoms with van der Waals surface area (Å²) >= 11 is 4.20. The fourth-order valence-electron chi connectivity index (χ4n) is 0.883. The van der Waals surface area contributed by atoms with Crippen molar-refractivity contribution in [1.29, 1.82) is 0 Å². The minimum absolute atomic E-state index is 0.949. The second-order valence-corrected chi connectivity index (χ2v) is 2.96. The molecule has 0 radical (unpaired) electrons. The zero-order valence-electron chi connectivity index (χ0n) is 6.67. The summed E-state index contributed by atoms with van der Waals surface area (Å²) in [6.07, 6.45) is 0. The maximum absolute atomic E-state index is 4.20. The summed E-state index contributed by atoms with van der Waals surface area (Å²) in [4.78, 5) is 1.02. The highest BCUT2D eigenvalue weighted by Crippen LogP contribution is 2.06. The molecule has 1 N–H and O–H groups in total. The van der Waals surface area contributed by atoms with Gasteiger partial charge in [0.1, 0.15) is 0 Å². The Hall–Kier alpha value is -0.470. The molecule has 0 aromatic heterocycles. The molecule has 0 aliphatic carbocycles. The van der Waals surface area contributed by atoms with Crippen molar-refractivity contribution in [3.05, 3.63) is 29.8 Å². The molecular weight excluding hydrogens is 154 g/mol. The van der Waals surface area contributed by atoms with Crippen LogP contribution in [0, 0.1) is 0 Å². The molecule has 0 amide bonds. The zero-order chi connectivity index (χ0) is 8.10. The molecule has 1 nitrogen and oxygen atoms in total. The smallest absolute Gasteiger partial charge is 0.0205 e. The van der Waals surface area contributed by atoms with Gasteiger partial charge in [-0.15, -0.1) is 12.6 Å². The minimum atomic E-state index is 0.949. The van der Waals surface area contributed by atoms with Gasteiger partial charge in [-0.3, -0.25) is 0 Å². The highest BCUT2D eigenvalue weighted by atomic mass is 32.1. The van der Waals surface area contributed by atoms with Gasteiger partial charge in [-0.2, -0.15) is 0 Å². The first-order valence-corrected chi connectivity index (χ1v) is 4.26. The van der Waals surface area contributed by atoms with Crippen molar-refractivity contribution >= 4 is 12.6 Å². The van der Waals surface area contributed by atoms with E-state index in [1.807, 2.05) is 12.1 Å². The van der Waals surface area contributed by atoms with Gasteiger partial charge in [0.05, 0.1) is 0 Å². The van der Waals surface area contributed by atoms with E-state index in [0.29, 0.717) is 0 Å². The van der Waals surface area contributed by atoms with Gasteiger partial charge in [0.2, 0.25) is 0 Å². The predicted octanol–water partition coefficient (Wildman–Crippen LogP) is 2.08. The van der Waals surface area contributed by atoms with E-state index in [1.165, 1.54) is 5.56 Å². The van der Waals surface area contributed by atoms with Crippen molar-refractivity contribution in [2.75, 3.05) is 6.54 Å². The van der Waals surface area contributed by atoms with Gasteiger partial charge in [-0.25, -0.2) is 0 Å². The average Bonchev–Trinajstić information content (AvgIpc) is 2.04. The molecule has 0 saturated heterocycles. The van der Waals surface area contributed by atoms with Gasteiger partial charge in [0, 0.05) is 11.4 Å². The molecule has 0 heterocycles. The molecule has 0 spiro atoms. The molecule has 0 fully saturated rings. The van der Waals surface area contributed by atoms with Crippen LogP contribution in [-0.4, -0.2) is 6.54 Å². The molecule has 0 saturated carbocycles. The van der Waals surface area contributed by atoms with Crippen molar-refractivity contribution in [3.8, 4) is 0 Å². The Labute approximate surface area is 73.2 Å². The summed E-state index contributed by atoms with van der Waals surface area (Å²) in [6.45, 7) is 4.07. The van der Waals surface area contributed by atoms with Crippen molar-refractivity contribution in [2.24, 2.45) is 0 Å². The van der Waals surface area contributed by atoms with Crippen LogP contribution in [-0.2, 0) is 6.54 Å².